The molecular formula is C20H30N2O4S. The Bertz CT molecular complexity index is 740. The third-order valence-corrected chi connectivity index (χ3v) is 7.09. The molecule has 0 unspecified atom stereocenters. The molecule has 2 aliphatic rings. The maximum Gasteiger partial charge on any atom is 0.243 e. The van der Waals surface area contributed by atoms with Crippen molar-refractivity contribution >= 4 is 15.9 Å². The fraction of sp³-hybridized carbons (Fsp3) is 0.650. The van der Waals surface area contributed by atoms with E-state index in [1.165, 1.54) is 4.31 Å². The van der Waals surface area contributed by atoms with E-state index in [1.54, 1.807) is 24.3 Å². The van der Waals surface area contributed by atoms with Crippen molar-refractivity contribution in [3.63, 3.8) is 0 Å². The van der Waals surface area contributed by atoms with E-state index in [9.17, 15) is 13.2 Å². The Kier molecular flexibility index (Phi) is 6.42. The summed E-state index contributed by atoms with van der Waals surface area (Å²) < 4.78 is 33.5. The molecule has 0 aliphatic carbocycles. The minimum absolute atomic E-state index is 0.0346. The molecule has 27 heavy (non-hydrogen) atoms. The maximum absolute atomic E-state index is 13.2. The number of nitrogens with zero attached hydrogens (tertiary/aromatic N) is 2. The summed E-state index contributed by atoms with van der Waals surface area (Å²) in [7, 11) is -3.70. The van der Waals surface area contributed by atoms with E-state index in [2.05, 4.69) is 13.8 Å². The molecule has 1 aromatic rings. The first-order valence-corrected chi connectivity index (χ1v) is 11.4. The maximum atomic E-state index is 13.2. The summed E-state index contributed by atoms with van der Waals surface area (Å²) in [5, 5.41) is 0. The van der Waals surface area contributed by atoms with Gasteiger partial charge in [0.25, 0.3) is 0 Å². The molecular weight excluding hydrogens is 364 g/mol. The van der Waals surface area contributed by atoms with E-state index in [0.717, 1.165) is 38.8 Å². The molecule has 1 amide bonds. The van der Waals surface area contributed by atoms with Crippen LogP contribution in [-0.4, -0.2) is 55.8 Å². The molecule has 0 saturated carbocycles. The topological polar surface area (TPSA) is 66.9 Å². The highest BCUT2D eigenvalue weighted by molar-refractivity contribution is 7.89. The van der Waals surface area contributed by atoms with Crippen LogP contribution in [0, 0.1) is 5.92 Å². The van der Waals surface area contributed by atoms with Gasteiger partial charge in [-0.3, -0.25) is 4.79 Å². The highest BCUT2D eigenvalue weighted by Gasteiger charge is 2.39. The zero-order valence-electron chi connectivity index (χ0n) is 16.3. The Balaban J connectivity index is 1.77. The van der Waals surface area contributed by atoms with Gasteiger partial charge < -0.3 is 9.64 Å². The molecule has 0 bridgehead atoms. The third-order valence-electron chi connectivity index (χ3n) is 5.17. The average Bonchev–Trinajstić information content (AvgIpc) is 3.21. The predicted molar refractivity (Wildman–Crippen MR) is 104 cm³/mol. The van der Waals surface area contributed by atoms with Crippen LogP contribution >= 0.6 is 0 Å². The van der Waals surface area contributed by atoms with Crippen molar-refractivity contribution < 1.29 is 17.9 Å². The predicted octanol–water partition coefficient (Wildman–Crippen LogP) is 2.89. The molecule has 2 heterocycles. The lowest BCUT2D eigenvalue weighted by Gasteiger charge is -2.35. The Morgan fingerprint density at radius 2 is 1.70 bits per heavy atom. The SMILES string of the molecule is CC(C)COc1ccc(S(=O)(=O)N2CCCC[C@H]2C(=O)N2CCCC2)cc1. The van der Waals surface area contributed by atoms with Crippen molar-refractivity contribution in [3.05, 3.63) is 24.3 Å². The quantitative estimate of drug-likeness (QED) is 0.744. The summed E-state index contributed by atoms with van der Waals surface area (Å²) in [5.74, 6) is 1.03. The number of carbonyl (C=O) groups excluding carboxylic acids is 1. The van der Waals surface area contributed by atoms with Crippen molar-refractivity contribution in [1.29, 1.82) is 0 Å². The van der Waals surface area contributed by atoms with Gasteiger partial charge in [-0.25, -0.2) is 8.42 Å². The van der Waals surface area contributed by atoms with E-state index in [4.69, 9.17) is 4.74 Å². The van der Waals surface area contributed by atoms with E-state index in [1.807, 2.05) is 4.90 Å². The van der Waals surface area contributed by atoms with Crippen molar-refractivity contribution in [2.45, 2.75) is 56.9 Å². The van der Waals surface area contributed by atoms with E-state index >= 15 is 0 Å². The second kappa shape index (κ2) is 8.61. The van der Waals surface area contributed by atoms with Gasteiger partial charge in [-0.1, -0.05) is 20.3 Å². The number of rotatable bonds is 6. The van der Waals surface area contributed by atoms with Crippen LogP contribution in [0.4, 0.5) is 0 Å². The number of amides is 1. The molecule has 0 N–H and O–H groups in total. The van der Waals surface area contributed by atoms with Gasteiger partial charge in [0.1, 0.15) is 11.8 Å². The number of benzene rings is 1. The highest BCUT2D eigenvalue weighted by Crippen LogP contribution is 2.28. The van der Waals surface area contributed by atoms with E-state index in [0.29, 0.717) is 31.2 Å². The zero-order chi connectivity index (χ0) is 19.4. The van der Waals surface area contributed by atoms with Crippen molar-refractivity contribution in [3.8, 4) is 5.75 Å². The molecule has 2 aliphatic heterocycles. The normalized spacial score (nSPS) is 21.6. The van der Waals surface area contributed by atoms with E-state index in [-0.39, 0.29) is 10.8 Å². The molecule has 2 fully saturated rings. The Hall–Kier alpha value is -1.60. The lowest BCUT2D eigenvalue weighted by Crippen LogP contribution is -2.52. The van der Waals surface area contributed by atoms with Crippen molar-refractivity contribution in [1.82, 2.24) is 9.21 Å². The van der Waals surface area contributed by atoms with Crippen LogP contribution in [-0.2, 0) is 14.8 Å². The monoisotopic (exact) mass is 394 g/mol. The zero-order valence-corrected chi connectivity index (χ0v) is 17.1. The second-order valence-corrected chi connectivity index (χ2v) is 9.73. The molecule has 150 valence electrons. The lowest BCUT2D eigenvalue weighted by molar-refractivity contribution is -0.135. The molecule has 1 atom stereocenters. The van der Waals surface area contributed by atoms with Gasteiger partial charge in [0, 0.05) is 19.6 Å². The van der Waals surface area contributed by atoms with Gasteiger partial charge in [-0.05, 0) is 55.9 Å². The van der Waals surface area contributed by atoms with Crippen LogP contribution in [0.3, 0.4) is 0 Å². The van der Waals surface area contributed by atoms with Gasteiger partial charge in [0.2, 0.25) is 15.9 Å². The molecule has 0 aromatic heterocycles. The summed E-state index contributed by atoms with van der Waals surface area (Å²) in [6, 6.07) is 5.97. The molecule has 7 heteroatoms. The van der Waals surface area contributed by atoms with Gasteiger partial charge in [-0.15, -0.1) is 0 Å². The van der Waals surface area contributed by atoms with Crippen molar-refractivity contribution in [2.75, 3.05) is 26.2 Å². The standard InChI is InChI=1S/C20H30N2O4S/c1-16(2)15-26-17-8-10-18(11-9-17)27(24,25)22-14-4-3-7-19(22)20(23)21-12-5-6-13-21/h8-11,16,19H,3-7,12-15H2,1-2H3/t19-/m0/s1. The number of likely N-dealkylation sites (tertiary alicyclic amines) is 1. The number of ether oxygens (including phenoxy) is 1. The van der Waals surface area contributed by atoms with Gasteiger partial charge >= 0.3 is 0 Å². The molecule has 0 radical (unpaired) electrons. The van der Waals surface area contributed by atoms with Crippen LogP contribution in [0.15, 0.2) is 29.2 Å². The van der Waals surface area contributed by atoms with Crippen LogP contribution in [0.5, 0.6) is 5.75 Å². The first kappa shape index (κ1) is 20.1. The van der Waals surface area contributed by atoms with Crippen LogP contribution in [0.25, 0.3) is 0 Å². The second-order valence-electron chi connectivity index (χ2n) is 7.84. The Labute approximate surface area is 162 Å². The van der Waals surface area contributed by atoms with Crippen LogP contribution in [0.2, 0.25) is 0 Å². The first-order valence-electron chi connectivity index (χ1n) is 9.93. The Morgan fingerprint density at radius 3 is 2.33 bits per heavy atom. The van der Waals surface area contributed by atoms with E-state index < -0.39 is 16.1 Å². The fourth-order valence-electron chi connectivity index (χ4n) is 3.69. The largest absolute Gasteiger partial charge is 0.493 e. The van der Waals surface area contributed by atoms with Gasteiger partial charge in [0.15, 0.2) is 0 Å². The Morgan fingerprint density at radius 1 is 1.07 bits per heavy atom. The van der Waals surface area contributed by atoms with Crippen LogP contribution in [0.1, 0.15) is 46.0 Å². The number of carbonyl (C=O) groups is 1. The number of piperidine rings is 1. The van der Waals surface area contributed by atoms with Gasteiger partial charge in [-0.2, -0.15) is 4.31 Å². The van der Waals surface area contributed by atoms with Gasteiger partial charge in [0.05, 0.1) is 11.5 Å². The number of hydrogen-bond donors (Lipinski definition) is 0. The molecule has 2 saturated heterocycles. The summed E-state index contributed by atoms with van der Waals surface area (Å²) in [4.78, 5) is 14.9. The molecule has 1 aromatic carbocycles. The number of sulfonamides is 1. The number of hydrogen-bond acceptors (Lipinski definition) is 4. The molecule has 3 rings (SSSR count). The highest BCUT2D eigenvalue weighted by atomic mass is 32.2. The molecule has 6 nitrogen and oxygen atoms in total. The van der Waals surface area contributed by atoms with Crippen molar-refractivity contribution in [2.24, 2.45) is 5.92 Å². The summed E-state index contributed by atoms with van der Waals surface area (Å²) in [6.45, 7) is 6.60. The summed E-state index contributed by atoms with van der Waals surface area (Å²) >= 11 is 0. The first-order chi connectivity index (χ1) is 12.9. The smallest absolute Gasteiger partial charge is 0.243 e. The van der Waals surface area contributed by atoms with Crippen LogP contribution < -0.4 is 4.74 Å². The molecule has 0 spiro atoms. The third kappa shape index (κ3) is 4.63. The average molecular weight is 395 g/mol. The minimum Gasteiger partial charge on any atom is -0.493 e. The summed E-state index contributed by atoms with van der Waals surface area (Å²) in [6.07, 6.45) is 4.28. The minimum atomic E-state index is -3.70. The summed E-state index contributed by atoms with van der Waals surface area (Å²) in [5.41, 5.74) is 0. The lowest BCUT2D eigenvalue weighted by atomic mass is 10.0. The fourth-order valence-corrected chi connectivity index (χ4v) is 5.34.